The first-order valence-electron chi connectivity index (χ1n) is 8.30. The summed E-state index contributed by atoms with van der Waals surface area (Å²) in [6.45, 7) is 1.75. The third kappa shape index (κ3) is 3.89. The molecule has 0 atom stereocenters. The Morgan fingerprint density at radius 1 is 0.704 bits per heavy atom. The molecule has 3 aromatic rings. The zero-order chi connectivity index (χ0) is 19.7. The van der Waals surface area contributed by atoms with Gasteiger partial charge in [-0.05, 0) is 52.9 Å². The van der Waals surface area contributed by atoms with Gasteiger partial charge in [-0.25, -0.2) is 17.6 Å². The summed E-state index contributed by atoms with van der Waals surface area (Å²) in [7, 11) is 0. The highest BCUT2D eigenvalue weighted by molar-refractivity contribution is 5.67. The van der Waals surface area contributed by atoms with Crippen LogP contribution in [0.5, 0.6) is 0 Å². The summed E-state index contributed by atoms with van der Waals surface area (Å²) in [5, 5.41) is 0. The average molecular weight is 374 g/mol. The molecule has 0 saturated carbocycles. The van der Waals surface area contributed by atoms with Crippen LogP contribution in [0.3, 0.4) is 0 Å². The third-order valence-electron chi connectivity index (χ3n) is 4.66. The van der Waals surface area contributed by atoms with E-state index in [0.717, 1.165) is 12.1 Å². The van der Waals surface area contributed by atoms with Gasteiger partial charge in [0.1, 0.15) is 23.3 Å². The Hall–Kier alpha value is -3.02. The summed E-state index contributed by atoms with van der Waals surface area (Å²) >= 11 is 0. The predicted molar refractivity (Wildman–Crippen MR) is 98.3 cm³/mol. The van der Waals surface area contributed by atoms with Crippen LogP contribution in [0.2, 0.25) is 0 Å². The largest absolute Gasteiger partial charge is 0.398 e. The SMILES string of the molecule is Cc1c(N)cc(Cc2ccc(F)cc2F)c(N)c1Cc1ccc(F)cc1F. The number of hydrogen-bond acceptors (Lipinski definition) is 2. The van der Waals surface area contributed by atoms with Gasteiger partial charge in [-0.1, -0.05) is 12.1 Å². The maximum Gasteiger partial charge on any atom is 0.129 e. The van der Waals surface area contributed by atoms with Crippen LogP contribution in [0.4, 0.5) is 28.9 Å². The van der Waals surface area contributed by atoms with E-state index in [9.17, 15) is 17.6 Å². The molecule has 0 radical (unpaired) electrons. The molecular formula is C21H18F4N2. The van der Waals surface area contributed by atoms with Crippen molar-refractivity contribution in [1.82, 2.24) is 0 Å². The molecule has 140 valence electrons. The summed E-state index contributed by atoms with van der Waals surface area (Å²) in [4.78, 5) is 0. The Morgan fingerprint density at radius 2 is 1.22 bits per heavy atom. The Balaban J connectivity index is 2.02. The summed E-state index contributed by atoms with van der Waals surface area (Å²) in [6.07, 6.45) is 0.231. The molecule has 0 unspecified atom stereocenters. The van der Waals surface area contributed by atoms with Crippen LogP contribution in [0.1, 0.15) is 27.8 Å². The molecule has 0 fully saturated rings. The standard InChI is InChI=1S/C21H18F4N2/c1-11-17(7-13-3-5-16(23)10-19(13)25)21(27)14(8-20(11)26)6-12-2-4-15(22)9-18(12)24/h2-5,8-10H,6-7,26-27H2,1H3. The maximum atomic E-state index is 14.0. The first kappa shape index (κ1) is 18.8. The summed E-state index contributed by atoms with van der Waals surface area (Å²) in [5.41, 5.74) is 15.5. The van der Waals surface area contributed by atoms with Gasteiger partial charge >= 0.3 is 0 Å². The fraction of sp³-hybridized carbons (Fsp3) is 0.143. The maximum absolute atomic E-state index is 14.0. The van der Waals surface area contributed by atoms with Crippen molar-refractivity contribution in [2.24, 2.45) is 0 Å². The molecule has 27 heavy (non-hydrogen) atoms. The van der Waals surface area contributed by atoms with Crippen molar-refractivity contribution >= 4 is 11.4 Å². The van der Waals surface area contributed by atoms with Crippen molar-refractivity contribution in [2.45, 2.75) is 19.8 Å². The number of anilines is 2. The lowest BCUT2D eigenvalue weighted by atomic mass is 9.91. The molecule has 0 saturated heterocycles. The molecule has 0 aliphatic heterocycles. The second-order valence-electron chi connectivity index (χ2n) is 6.47. The minimum atomic E-state index is -0.681. The van der Waals surface area contributed by atoms with E-state index >= 15 is 0 Å². The molecule has 0 aromatic heterocycles. The van der Waals surface area contributed by atoms with Gasteiger partial charge in [0.15, 0.2) is 0 Å². The van der Waals surface area contributed by atoms with Crippen LogP contribution < -0.4 is 11.5 Å². The summed E-state index contributed by atoms with van der Waals surface area (Å²) in [6, 6.07) is 8.29. The molecule has 0 aliphatic rings. The third-order valence-corrected chi connectivity index (χ3v) is 4.66. The molecule has 0 spiro atoms. The smallest absolute Gasteiger partial charge is 0.129 e. The van der Waals surface area contributed by atoms with Crippen LogP contribution >= 0.6 is 0 Å². The highest BCUT2D eigenvalue weighted by Crippen LogP contribution is 2.31. The molecule has 0 aliphatic carbocycles. The van der Waals surface area contributed by atoms with Gasteiger partial charge < -0.3 is 11.5 Å². The molecule has 3 aromatic carbocycles. The predicted octanol–water partition coefficient (Wildman–Crippen LogP) is 4.90. The highest BCUT2D eigenvalue weighted by Gasteiger charge is 2.16. The highest BCUT2D eigenvalue weighted by atomic mass is 19.1. The van der Waals surface area contributed by atoms with Gasteiger partial charge in [-0.2, -0.15) is 0 Å². The zero-order valence-electron chi connectivity index (χ0n) is 14.6. The van der Waals surface area contributed by atoms with E-state index < -0.39 is 23.3 Å². The van der Waals surface area contributed by atoms with Gasteiger partial charge in [-0.15, -0.1) is 0 Å². The minimum absolute atomic E-state index is 0.112. The fourth-order valence-electron chi connectivity index (χ4n) is 3.04. The Labute approximate surface area is 154 Å². The number of halogens is 4. The number of hydrogen-bond donors (Lipinski definition) is 2. The van der Waals surface area contributed by atoms with E-state index in [1.165, 1.54) is 24.3 Å². The topological polar surface area (TPSA) is 52.0 Å². The van der Waals surface area contributed by atoms with Gasteiger partial charge in [0, 0.05) is 36.3 Å². The van der Waals surface area contributed by atoms with Gasteiger partial charge in [0.05, 0.1) is 0 Å². The second kappa shape index (κ2) is 7.31. The number of nitrogen functional groups attached to an aromatic ring is 2. The second-order valence-corrected chi connectivity index (χ2v) is 6.47. The van der Waals surface area contributed by atoms with Crippen molar-refractivity contribution in [3.8, 4) is 0 Å². The van der Waals surface area contributed by atoms with Crippen molar-refractivity contribution in [3.63, 3.8) is 0 Å². The average Bonchev–Trinajstić information content (AvgIpc) is 2.60. The summed E-state index contributed by atoms with van der Waals surface area (Å²) in [5.74, 6) is -2.69. The van der Waals surface area contributed by atoms with Crippen LogP contribution in [-0.2, 0) is 12.8 Å². The van der Waals surface area contributed by atoms with Crippen molar-refractivity contribution in [3.05, 3.63) is 93.6 Å². The van der Waals surface area contributed by atoms with E-state index in [4.69, 9.17) is 11.5 Å². The van der Waals surface area contributed by atoms with Crippen molar-refractivity contribution in [1.29, 1.82) is 0 Å². The van der Waals surface area contributed by atoms with E-state index in [-0.39, 0.29) is 24.0 Å². The monoisotopic (exact) mass is 374 g/mol. The normalized spacial score (nSPS) is 11.0. The minimum Gasteiger partial charge on any atom is -0.398 e. The van der Waals surface area contributed by atoms with Crippen LogP contribution in [0.15, 0.2) is 42.5 Å². The molecule has 0 heterocycles. The Kier molecular flexibility index (Phi) is 5.08. The van der Waals surface area contributed by atoms with E-state index in [2.05, 4.69) is 0 Å². The molecule has 3 rings (SSSR count). The first-order chi connectivity index (χ1) is 12.8. The summed E-state index contributed by atoms with van der Waals surface area (Å²) < 4.78 is 54.3. The lowest BCUT2D eigenvalue weighted by molar-refractivity contribution is 0.574. The fourth-order valence-corrected chi connectivity index (χ4v) is 3.04. The van der Waals surface area contributed by atoms with E-state index in [1.807, 2.05) is 0 Å². The number of rotatable bonds is 4. The first-order valence-corrected chi connectivity index (χ1v) is 8.30. The van der Waals surface area contributed by atoms with Crippen LogP contribution in [0, 0.1) is 30.2 Å². The van der Waals surface area contributed by atoms with Crippen molar-refractivity contribution < 1.29 is 17.6 Å². The lowest BCUT2D eigenvalue weighted by Crippen LogP contribution is -2.08. The molecule has 0 amide bonds. The molecule has 6 heteroatoms. The van der Waals surface area contributed by atoms with Crippen molar-refractivity contribution in [2.75, 3.05) is 11.5 Å². The van der Waals surface area contributed by atoms with Crippen LogP contribution in [-0.4, -0.2) is 0 Å². The molecule has 2 nitrogen and oxygen atoms in total. The van der Waals surface area contributed by atoms with Crippen LogP contribution in [0.25, 0.3) is 0 Å². The van der Waals surface area contributed by atoms with Gasteiger partial charge in [-0.3, -0.25) is 0 Å². The number of benzene rings is 3. The van der Waals surface area contributed by atoms with E-state index in [0.29, 0.717) is 28.1 Å². The Morgan fingerprint density at radius 3 is 1.74 bits per heavy atom. The molecule has 0 bridgehead atoms. The van der Waals surface area contributed by atoms with E-state index in [1.54, 1.807) is 13.0 Å². The number of nitrogens with two attached hydrogens (primary N) is 2. The van der Waals surface area contributed by atoms with Gasteiger partial charge in [0.2, 0.25) is 0 Å². The Bertz CT molecular complexity index is 1020. The lowest BCUT2D eigenvalue weighted by Gasteiger charge is -2.17. The quantitative estimate of drug-likeness (QED) is 0.504. The molecular weight excluding hydrogens is 356 g/mol. The zero-order valence-corrected chi connectivity index (χ0v) is 14.6. The van der Waals surface area contributed by atoms with Gasteiger partial charge in [0.25, 0.3) is 0 Å². The molecule has 4 N–H and O–H groups in total.